The van der Waals surface area contributed by atoms with E-state index >= 15 is 0 Å². The molecule has 0 atom stereocenters. The number of nitrogens with zero attached hydrogens (tertiary/aromatic N) is 4. The van der Waals surface area contributed by atoms with Crippen LogP contribution >= 0.6 is 0 Å². The molecule has 4 rings (SSSR count). The zero-order valence-corrected chi connectivity index (χ0v) is 20.0. The largest absolute Gasteiger partial charge is 0.485 e. The number of piperidine rings is 1. The van der Waals surface area contributed by atoms with E-state index in [0.717, 1.165) is 29.9 Å². The van der Waals surface area contributed by atoms with Crippen molar-refractivity contribution in [1.82, 2.24) is 14.9 Å². The molecule has 1 N–H and O–H groups in total. The number of anilines is 3. The SMILES string of the molecule is COC(=O)c1cccc(Nc2ncnc3c2OCCN3C2CCN(C(=O)OC(C)C)CC2)c1C. The molecule has 1 fully saturated rings. The average Bonchev–Trinajstić information content (AvgIpc) is 2.84. The number of hydrogen-bond donors (Lipinski definition) is 1. The van der Waals surface area contributed by atoms with E-state index in [1.807, 2.05) is 26.8 Å². The summed E-state index contributed by atoms with van der Waals surface area (Å²) in [4.78, 5) is 37.2. The molecule has 10 nitrogen and oxygen atoms in total. The van der Waals surface area contributed by atoms with Gasteiger partial charge >= 0.3 is 12.1 Å². The molecule has 1 aromatic carbocycles. The minimum absolute atomic E-state index is 0.129. The molecule has 0 bridgehead atoms. The summed E-state index contributed by atoms with van der Waals surface area (Å²) in [5.74, 6) is 1.46. The summed E-state index contributed by atoms with van der Waals surface area (Å²) >= 11 is 0. The summed E-state index contributed by atoms with van der Waals surface area (Å²) in [7, 11) is 1.36. The molecule has 0 unspecified atom stereocenters. The maximum Gasteiger partial charge on any atom is 0.410 e. The molecule has 34 heavy (non-hydrogen) atoms. The number of nitrogens with one attached hydrogen (secondary N) is 1. The van der Waals surface area contributed by atoms with Crippen molar-refractivity contribution in [3.05, 3.63) is 35.7 Å². The highest BCUT2D eigenvalue weighted by Gasteiger charge is 2.33. The normalized spacial score (nSPS) is 16.0. The van der Waals surface area contributed by atoms with Crippen LogP contribution < -0.4 is 15.0 Å². The number of ether oxygens (including phenoxy) is 3. The second kappa shape index (κ2) is 10.1. The van der Waals surface area contributed by atoms with Crippen molar-refractivity contribution in [2.75, 3.05) is 43.6 Å². The van der Waals surface area contributed by atoms with Crippen LogP contribution in [-0.2, 0) is 9.47 Å². The zero-order chi connectivity index (χ0) is 24.2. The highest BCUT2D eigenvalue weighted by Crippen LogP contribution is 2.39. The Balaban J connectivity index is 1.51. The van der Waals surface area contributed by atoms with Crippen LogP contribution in [0.3, 0.4) is 0 Å². The smallest absolute Gasteiger partial charge is 0.410 e. The second-order valence-electron chi connectivity index (χ2n) is 8.66. The fourth-order valence-electron chi connectivity index (χ4n) is 4.36. The summed E-state index contributed by atoms with van der Waals surface area (Å²) in [6.07, 6.45) is 2.77. The van der Waals surface area contributed by atoms with Gasteiger partial charge in [0.2, 0.25) is 5.75 Å². The molecular formula is C24H31N5O5. The zero-order valence-electron chi connectivity index (χ0n) is 20.0. The van der Waals surface area contributed by atoms with Gasteiger partial charge in [0.25, 0.3) is 0 Å². The molecule has 2 aromatic rings. The van der Waals surface area contributed by atoms with E-state index in [1.54, 1.807) is 17.0 Å². The highest BCUT2D eigenvalue weighted by atomic mass is 16.6. The Morgan fingerprint density at radius 3 is 2.65 bits per heavy atom. The van der Waals surface area contributed by atoms with Gasteiger partial charge in [0.15, 0.2) is 11.6 Å². The van der Waals surface area contributed by atoms with Crippen LogP contribution in [0.25, 0.3) is 0 Å². The third-order valence-corrected chi connectivity index (χ3v) is 6.13. The van der Waals surface area contributed by atoms with Gasteiger partial charge in [0.05, 0.1) is 25.3 Å². The molecule has 3 heterocycles. The van der Waals surface area contributed by atoms with Crippen LogP contribution in [0.4, 0.5) is 22.1 Å². The van der Waals surface area contributed by atoms with E-state index in [1.165, 1.54) is 13.4 Å². The first kappa shape index (κ1) is 23.6. The first-order valence-electron chi connectivity index (χ1n) is 11.5. The van der Waals surface area contributed by atoms with Crippen LogP contribution in [0, 0.1) is 6.92 Å². The van der Waals surface area contributed by atoms with Gasteiger partial charge in [0, 0.05) is 24.8 Å². The van der Waals surface area contributed by atoms with Crippen LogP contribution in [0.15, 0.2) is 24.5 Å². The molecule has 0 spiro atoms. The summed E-state index contributed by atoms with van der Waals surface area (Å²) in [5, 5.41) is 3.30. The summed E-state index contributed by atoms with van der Waals surface area (Å²) in [6, 6.07) is 5.63. The van der Waals surface area contributed by atoms with Crippen molar-refractivity contribution in [3.8, 4) is 5.75 Å². The van der Waals surface area contributed by atoms with E-state index < -0.39 is 5.97 Å². The van der Waals surface area contributed by atoms with Gasteiger partial charge in [-0.2, -0.15) is 0 Å². The number of fused-ring (bicyclic) bond motifs is 1. The Morgan fingerprint density at radius 1 is 1.18 bits per heavy atom. The maximum absolute atomic E-state index is 12.2. The van der Waals surface area contributed by atoms with Crippen molar-refractivity contribution < 1.29 is 23.8 Å². The number of hydrogen-bond acceptors (Lipinski definition) is 9. The van der Waals surface area contributed by atoms with Crippen LogP contribution in [0.2, 0.25) is 0 Å². The first-order chi connectivity index (χ1) is 16.4. The molecule has 1 aromatic heterocycles. The molecule has 2 aliphatic rings. The third-order valence-electron chi connectivity index (χ3n) is 6.13. The van der Waals surface area contributed by atoms with Crippen molar-refractivity contribution in [3.63, 3.8) is 0 Å². The van der Waals surface area contributed by atoms with Gasteiger partial charge in [-0.15, -0.1) is 0 Å². The number of carbonyl (C=O) groups is 2. The summed E-state index contributed by atoms with van der Waals surface area (Å²) < 4.78 is 16.2. The number of methoxy groups -OCH3 is 1. The van der Waals surface area contributed by atoms with Gasteiger partial charge in [-0.05, 0) is 51.3 Å². The van der Waals surface area contributed by atoms with E-state index in [0.29, 0.717) is 43.4 Å². The highest BCUT2D eigenvalue weighted by molar-refractivity contribution is 5.93. The molecule has 182 valence electrons. The average molecular weight is 470 g/mol. The summed E-state index contributed by atoms with van der Waals surface area (Å²) in [6.45, 7) is 8.06. The molecule has 2 aliphatic heterocycles. The predicted octanol–water partition coefficient (Wildman–Crippen LogP) is 3.52. The number of amides is 1. The molecule has 0 aliphatic carbocycles. The molecule has 0 radical (unpaired) electrons. The number of rotatable bonds is 5. The van der Waals surface area contributed by atoms with Gasteiger partial charge in [-0.3, -0.25) is 0 Å². The number of esters is 1. The van der Waals surface area contributed by atoms with E-state index in [2.05, 4.69) is 20.2 Å². The van der Waals surface area contributed by atoms with Crippen LogP contribution in [0.5, 0.6) is 5.75 Å². The molecule has 1 saturated heterocycles. The summed E-state index contributed by atoms with van der Waals surface area (Å²) in [5.41, 5.74) is 1.98. The Bertz CT molecular complexity index is 1050. The minimum atomic E-state index is -0.392. The van der Waals surface area contributed by atoms with E-state index in [9.17, 15) is 9.59 Å². The Hall–Kier alpha value is -3.56. The molecular weight excluding hydrogens is 438 g/mol. The first-order valence-corrected chi connectivity index (χ1v) is 11.5. The van der Waals surface area contributed by atoms with Gasteiger partial charge in [-0.25, -0.2) is 19.6 Å². The lowest BCUT2D eigenvalue weighted by molar-refractivity contribution is 0.0599. The van der Waals surface area contributed by atoms with E-state index in [4.69, 9.17) is 14.2 Å². The number of aromatic nitrogens is 2. The van der Waals surface area contributed by atoms with Crippen molar-refractivity contribution in [2.24, 2.45) is 0 Å². The third kappa shape index (κ3) is 4.85. The van der Waals surface area contributed by atoms with Gasteiger partial charge < -0.3 is 29.3 Å². The Kier molecular flexibility index (Phi) is 7.04. The lowest BCUT2D eigenvalue weighted by Crippen LogP contribution is -2.49. The molecule has 0 saturated carbocycles. The van der Waals surface area contributed by atoms with Crippen molar-refractivity contribution in [1.29, 1.82) is 0 Å². The van der Waals surface area contributed by atoms with Crippen LogP contribution in [0.1, 0.15) is 42.6 Å². The van der Waals surface area contributed by atoms with Gasteiger partial charge in [-0.1, -0.05) is 6.07 Å². The Labute approximate surface area is 199 Å². The fraction of sp³-hybridized carbons (Fsp3) is 0.500. The second-order valence-corrected chi connectivity index (χ2v) is 8.66. The quantitative estimate of drug-likeness (QED) is 0.658. The number of carbonyl (C=O) groups excluding carboxylic acids is 2. The Morgan fingerprint density at radius 2 is 1.94 bits per heavy atom. The van der Waals surface area contributed by atoms with Crippen LogP contribution in [-0.4, -0.2) is 72.4 Å². The van der Waals surface area contributed by atoms with E-state index in [-0.39, 0.29) is 18.2 Å². The predicted molar refractivity (Wildman–Crippen MR) is 127 cm³/mol. The lowest BCUT2D eigenvalue weighted by atomic mass is 10.0. The standard InChI is InChI=1S/C24H31N5O5/c1-15(2)34-24(31)28-10-8-17(9-11-28)29-12-13-33-20-21(25-14-26-22(20)29)27-19-7-5-6-18(16(19)3)23(30)32-4/h5-7,14-15,17H,8-13H2,1-4H3,(H,25,26,27). The van der Waals surface area contributed by atoms with Crippen molar-refractivity contribution >= 4 is 29.4 Å². The lowest BCUT2D eigenvalue weighted by Gasteiger charge is -2.41. The molecule has 10 heteroatoms. The monoisotopic (exact) mass is 469 g/mol. The van der Waals surface area contributed by atoms with Gasteiger partial charge in [0.1, 0.15) is 12.9 Å². The minimum Gasteiger partial charge on any atom is -0.485 e. The topological polar surface area (TPSA) is 106 Å². The maximum atomic E-state index is 12.2. The molecule has 1 amide bonds. The fourth-order valence-corrected chi connectivity index (χ4v) is 4.36. The van der Waals surface area contributed by atoms with Crippen molar-refractivity contribution in [2.45, 2.75) is 45.8 Å². The number of likely N-dealkylation sites (tertiary alicyclic amines) is 1. The number of benzene rings is 1.